The van der Waals surface area contributed by atoms with Gasteiger partial charge in [0.2, 0.25) is 0 Å². The van der Waals surface area contributed by atoms with Crippen LogP contribution in [0.2, 0.25) is 0 Å². The van der Waals surface area contributed by atoms with E-state index in [9.17, 15) is 4.91 Å². The first-order valence-electron chi connectivity index (χ1n) is 3.03. The molecule has 0 amide bonds. The molecular weight excluding hydrogens is 116 g/mol. The summed E-state index contributed by atoms with van der Waals surface area (Å²) in [6.07, 6.45) is 0. The highest BCUT2D eigenvalue weighted by molar-refractivity contribution is 4.78. The van der Waals surface area contributed by atoms with Gasteiger partial charge in [-0.2, -0.15) is 4.91 Å². The minimum absolute atomic E-state index is 0.00604. The van der Waals surface area contributed by atoms with Crippen molar-refractivity contribution in [3.63, 3.8) is 0 Å². The Morgan fingerprint density at radius 3 is 2.11 bits per heavy atom. The summed E-state index contributed by atoms with van der Waals surface area (Å²) >= 11 is 0. The molecular formula is C6H14N2O. The van der Waals surface area contributed by atoms with Gasteiger partial charge in [-0.1, -0.05) is 25.9 Å². The van der Waals surface area contributed by atoms with Crippen molar-refractivity contribution < 1.29 is 0 Å². The van der Waals surface area contributed by atoms with Crippen molar-refractivity contribution in [2.45, 2.75) is 26.8 Å². The molecule has 0 aromatic carbocycles. The highest BCUT2D eigenvalue weighted by atomic mass is 16.3. The lowest BCUT2D eigenvalue weighted by Gasteiger charge is -2.24. The van der Waals surface area contributed by atoms with Crippen LogP contribution in [-0.4, -0.2) is 12.6 Å². The lowest BCUT2D eigenvalue weighted by atomic mass is 9.88. The van der Waals surface area contributed by atoms with E-state index in [1.165, 1.54) is 0 Å². The third-order valence-corrected chi connectivity index (χ3v) is 1.38. The molecule has 0 spiro atoms. The molecule has 0 aromatic rings. The molecule has 0 bridgehead atoms. The molecule has 0 aliphatic carbocycles. The number of nitroso groups, excluding NO2 is 1. The maximum Gasteiger partial charge on any atom is 0.0967 e. The van der Waals surface area contributed by atoms with E-state index in [1.54, 1.807) is 0 Å². The molecule has 0 saturated carbocycles. The van der Waals surface area contributed by atoms with E-state index in [-0.39, 0.29) is 18.0 Å². The van der Waals surface area contributed by atoms with Crippen molar-refractivity contribution in [3.05, 3.63) is 4.91 Å². The molecule has 0 fully saturated rings. The minimum atomic E-state index is -0.116. The molecule has 0 rings (SSSR count). The van der Waals surface area contributed by atoms with Gasteiger partial charge in [-0.05, 0) is 5.41 Å². The van der Waals surface area contributed by atoms with Crippen molar-refractivity contribution in [1.29, 1.82) is 0 Å². The van der Waals surface area contributed by atoms with Gasteiger partial charge in [0.05, 0.1) is 6.54 Å². The Bertz CT molecular complexity index is 95.7. The van der Waals surface area contributed by atoms with E-state index < -0.39 is 0 Å². The second kappa shape index (κ2) is 2.92. The van der Waals surface area contributed by atoms with Gasteiger partial charge >= 0.3 is 0 Å². The van der Waals surface area contributed by atoms with E-state index in [4.69, 9.17) is 5.73 Å². The Morgan fingerprint density at radius 2 is 2.00 bits per heavy atom. The number of rotatable bonds is 2. The predicted octanol–water partition coefficient (Wildman–Crippen LogP) is 1.13. The molecule has 0 aliphatic rings. The summed E-state index contributed by atoms with van der Waals surface area (Å²) in [5.41, 5.74) is 5.56. The van der Waals surface area contributed by atoms with Gasteiger partial charge in [0.1, 0.15) is 0 Å². The third kappa shape index (κ3) is 3.19. The summed E-state index contributed by atoms with van der Waals surface area (Å²) in [5.74, 6) is 0. The van der Waals surface area contributed by atoms with Crippen LogP contribution in [0, 0.1) is 10.3 Å². The number of nitrogens with zero attached hydrogens (tertiary/aromatic N) is 1. The third-order valence-electron chi connectivity index (χ3n) is 1.38. The Kier molecular flexibility index (Phi) is 2.77. The van der Waals surface area contributed by atoms with E-state index in [1.807, 2.05) is 20.8 Å². The molecule has 2 N–H and O–H groups in total. The standard InChI is InChI=1S/C6H14N2O/c1-6(2,3)5(7)4-8-9/h5H,4,7H2,1-3H3. The van der Waals surface area contributed by atoms with Crippen LogP contribution in [0.5, 0.6) is 0 Å². The Hall–Kier alpha value is -0.440. The second-order valence-electron chi connectivity index (χ2n) is 3.28. The van der Waals surface area contributed by atoms with Gasteiger partial charge in [0.15, 0.2) is 0 Å². The molecule has 0 radical (unpaired) electrons. The molecule has 1 unspecified atom stereocenters. The van der Waals surface area contributed by atoms with Gasteiger partial charge in [-0.15, -0.1) is 0 Å². The first-order chi connectivity index (χ1) is 3.98. The van der Waals surface area contributed by atoms with Crippen LogP contribution in [0.3, 0.4) is 0 Å². The first-order valence-corrected chi connectivity index (χ1v) is 3.03. The number of hydrogen-bond acceptors (Lipinski definition) is 3. The highest BCUT2D eigenvalue weighted by Gasteiger charge is 2.19. The smallest absolute Gasteiger partial charge is 0.0967 e. The zero-order valence-electron chi connectivity index (χ0n) is 6.22. The van der Waals surface area contributed by atoms with Crippen LogP contribution >= 0.6 is 0 Å². The van der Waals surface area contributed by atoms with Crippen LogP contribution in [0.15, 0.2) is 5.18 Å². The summed E-state index contributed by atoms with van der Waals surface area (Å²) in [5, 5.41) is 2.73. The van der Waals surface area contributed by atoms with Gasteiger partial charge < -0.3 is 5.73 Å². The lowest BCUT2D eigenvalue weighted by Crippen LogP contribution is -2.37. The fourth-order valence-electron chi connectivity index (χ4n) is 0.354. The molecule has 0 saturated heterocycles. The van der Waals surface area contributed by atoms with E-state index >= 15 is 0 Å². The Morgan fingerprint density at radius 1 is 1.56 bits per heavy atom. The number of nitrogens with two attached hydrogens (primary N) is 1. The van der Waals surface area contributed by atoms with Crippen molar-refractivity contribution in [3.8, 4) is 0 Å². The fraction of sp³-hybridized carbons (Fsp3) is 1.00. The zero-order valence-corrected chi connectivity index (χ0v) is 6.22. The van der Waals surface area contributed by atoms with Crippen molar-refractivity contribution in [1.82, 2.24) is 0 Å². The SMILES string of the molecule is CC(C)(C)C(N)CN=O. The summed E-state index contributed by atoms with van der Waals surface area (Å²) in [4.78, 5) is 9.73. The van der Waals surface area contributed by atoms with Gasteiger partial charge in [-0.25, -0.2) is 0 Å². The molecule has 0 heterocycles. The molecule has 1 atom stereocenters. The van der Waals surface area contributed by atoms with E-state index in [0.29, 0.717) is 0 Å². The molecule has 54 valence electrons. The van der Waals surface area contributed by atoms with Crippen molar-refractivity contribution >= 4 is 0 Å². The first kappa shape index (κ1) is 8.56. The average Bonchev–Trinajstić information content (AvgIpc) is 1.64. The molecule has 0 aliphatic heterocycles. The van der Waals surface area contributed by atoms with Crippen LogP contribution in [0.25, 0.3) is 0 Å². The van der Waals surface area contributed by atoms with Crippen LogP contribution < -0.4 is 5.73 Å². The number of hydrogen-bond donors (Lipinski definition) is 1. The largest absolute Gasteiger partial charge is 0.326 e. The molecule has 3 nitrogen and oxygen atoms in total. The normalized spacial score (nSPS) is 15.1. The van der Waals surface area contributed by atoms with Gasteiger partial charge in [0, 0.05) is 6.04 Å². The molecule has 0 aromatic heterocycles. The van der Waals surface area contributed by atoms with Crippen molar-refractivity contribution in [2.75, 3.05) is 6.54 Å². The second-order valence-corrected chi connectivity index (χ2v) is 3.28. The summed E-state index contributed by atoms with van der Waals surface area (Å²) in [6, 6.07) is -0.116. The Labute approximate surface area is 55.6 Å². The average molecular weight is 130 g/mol. The monoisotopic (exact) mass is 130 g/mol. The van der Waals surface area contributed by atoms with E-state index in [0.717, 1.165) is 0 Å². The highest BCUT2D eigenvalue weighted by Crippen LogP contribution is 2.16. The topological polar surface area (TPSA) is 55.4 Å². The predicted molar refractivity (Wildman–Crippen MR) is 38.1 cm³/mol. The van der Waals surface area contributed by atoms with Crippen LogP contribution in [-0.2, 0) is 0 Å². The van der Waals surface area contributed by atoms with Gasteiger partial charge in [-0.3, -0.25) is 0 Å². The summed E-state index contributed by atoms with van der Waals surface area (Å²) in [6.45, 7) is 6.18. The van der Waals surface area contributed by atoms with Crippen LogP contribution in [0.1, 0.15) is 20.8 Å². The zero-order chi connectivity index (χ0) is 7.49. The quantitative estimate of drug-likeness (QED) is 0.569. The Balaban J connectivity index is 3.72. The maximum atomic E-state index is 9.73. The van der Waals surface area contributed by atoms with Crippen molar-refractivity contribution in [2.24, 2.45) is 16.3 Å². The molecule has 3 heteroatoms. The van der Waals surface area contributed by atoms with Gasteiger partial charge in [0.25, 0.3) is 0 Å². The molecule has 9 heavy (non-hydrogen) atoms. The van der Waals surface area contributed by atoms with E-state index in [2.05, 4.69) is 5.18 Å². The fourth-order valence-corrected chi connectivity index (χ4v) is 0.354. The van der Waals surface area contributed by atoms with Crippen LogP contribution in [0.4, 0.5) is 0 Å². The maximum absolute atomic E-state index is 9.73. The summed E-state index contributed by atoms with van der Waals surface area (Å²) in [7, 11) is 0. The minimum Gasteiger partial charge on any atom is -0.326 e. The lowest BCUT2D eigenvalue weighted by molar-refractivity contribution is 0.326. The summed E-state index contributed by atoms with van der Waals surface area (Å²) < 4.78 is 0.